The molecule has 2 heterocycles. The number of amides is 1. The van der Waals surface area contributed by atoms with E-state index in [1.54, 1.807) is 0 Å². The zero-order chi connectivity index (χ0) is 18.0. The zero-order valence-corrected chi connectivity index (χ0v) is 15.3. The van der Waals surface area contributed by atoms with Crippen LogP contribution < -0.4 is 10.2 Å². The third kappa shape index (κ3) is 4.10. The first kappa shape index (κ1) is 17.3. The summed E-state index contributed by atoms with van der Waals surface area (Å²) in [5.74, 6) is 0.948. The molecule has 0 saturated carbocycles. The molecule has 0 spiro atoms. The molecule has 132 valence electrons. The molecule has 0 radical (unpaired) electrons. The molecule has 1 aromatic carbocycles. The summed E-state index contributed by atoms with van der Waals surface area (Å²) in [6.45, 7) is 8.87. The molecule has 1 aromatic heterocycles. The third-order valence-corrected chi connectivity index (χ3v) is 4.17. The number of hydrogen-bond acceptors (Lipinski definition) is 4. The van der Waals surface area contributed by atoms with Gasteiger partial charge >= 0.3 is 6.09 Å². The molecule has 0 saturated heterocycles. The topological polar surface area (TPSA) is 54.5 Å². The van der Waals surface area contributed by atoms with E-state index in [0.29, 0.717) is 6.54 Å². The van der Waals surface area contributed by atoms with Gasteiger partial charge in [-0.1, -0.05) is 24.3 Å². The molecule has 25 heavy (non-hydrogen) atoms. The fourth-order valence-corrected chi connectivity index (χ4v) is 2.97. The average molecular weight is 339 g/mol. The van der Waals surface area contributed by atoms with Crippen LogP contribution >= 0.6 is 0 Å². The lowest BCUT2D eigenvalue weighted by atomic mass is 10.2. The number of pyridine rings is 1. The van der Waals surface area contributed by atoms with Crippen molar-refractivity contribution in [1.29, 1.82) is 0 Å². The number of rotatable bonds is 3. The van der Waals surface area contributed by atoms with Gasteiger partial charge in [-0.2, -0.15) is 0 Å². The Kier molecular flexibility index (Phi) is 4.66. The van der Waals surface area contributed by atoms with E-state index in [2.05, 4.69) is 34.5 Å². The smallest absolute Gasteiger partial charge is 0.407 e. The largest absolute Gasteiger partial charge is 0.444 e. The molecular formula is C20H25N3O2. The van der Waals surface area contributed by atoms with Gasteiger partial charge in [0.15, 0.2) is 0 Å². The predicted molar refractivity (Wildman–Crippen MR) is 99.2 cm³/mol. The fraction of sp³-hybridized carbons (Fsp3) is 0.400. The SMILES string of the molecule is Cc1nc(N2CCc3ccccc32)ccc1CNC(=O)OC(C)(C)C. The molecule has 0 unspecified atom stereocenters. The monoisotopic (exact) mass is 339 g/mol. The summed E-state index contributed by atoms with van der Waals surface area (Å²) >= 11 is 0. The van der Waals surface area contributed by atoms with Crippen LogP contribution in [0.25, 0.3) is 0 Å². The number of carbonyl (C=O) groups excluding carboxylic acids is 1. The quantitative estimate of drug-likeness (QED) is 0.914. The van der Waals surface area contributed by atoms with Crippen LogP contribution in [0.15, 0.2) is 36.4 Å². The van der Waals surface area contributed by atoms with E-state index in [0.717, 1.165) is 30.0 Å². The minimum atomic E-state index is -0.496. The molecule has 1 aliphatic heterocycles. The lowest BCUT2D eigenvalue weighted by Gasteiger charge is -2.21. The van der Waals surface area contributed by atoms with Crippen LogP contribution in [0.2, 0.25) is 0 Å². The predicted octanol–water partition coefficient (Wildman–Crippen LogP) is 4.11. The minimum absolute atomic E-state index is 0.407. The maximum absolute atomic E-state index is 11.8. The van der Waals surface area contributed by atoms with E-state index < -0.39 is 11.7 Å². The number of benzene rings is 1. The van der Waals surface area contributed by atoms with Crippen molar-refractivity contribution in [2.75, 3.05) is 11.4 Å². The Balaban J connectivity index is 1.69. The van der Waals surface area contributed by atoms with Crippen LogP contribution in [0, 0.1) is 6.92 Å². The van der Waals surface area contributed by atoms with Gasteiger partial charge in [0, 0.05) is 24.5 Å². The maximum Gasteiger partial charge on any atom is 0.407 e. The number of nitrogens with one attached hydrogen (secondary N) is 1. The van der Waals surface area contributed by atoms with Crippen molar-refractivity contribution in [3.8, 4) is 0 Å². The Hall–Kier alpha value is -2.56. The molecule has 1 aliphatic rings. The molecule has 0 aliphatic carbocycles. The lowest BCUT2D eigenvalue weighted by molar-refractivity contribution is 0.0523. The van der Waals surface area contributed by atoms with Crippen molar-refractivity contribution < 1.29 is 9.53 Å². The number of anilines is 2. The molecule has 5 nitrogen and oxygen atoms in total. The number of ether oxygens (including phenoxy) is 1. The molecule has 0 fully saturated rings. The van der Waals surface area contributed by atoms with E-state index in [4.69, 9.17) is 9.72 Å². The highest BCUT2D eigenvalue weighted by Crippen LogP contribution is 2.33. The second-order valence-corrected chi connectivity index (χ2v) is 7.30. The molecule has 0 atom stereocenters. The number of hydrogen-bond donors (Lipinski definition) is 1. The minimum Gasteiger partial charge on any atom is -0.444 e. The molecule has 1 N–H and O–H groups in total. The fourth-order valence-electron chi connectivity index (χ4n) is 2.97. The summed E-state index contributed by atoms with van der Waals surface area (Å²) in [5.41, 5.74) is 4.00. The standard InChI is InChI=1S/C20H25N3O2/c1-14-16(13-21-19(24)25-20(2,3)4)9-10-18(22-14)23-12-11-15-7-5-6-8-17(15)23/h5-10H,11-13H2,1-4H3,(H,21,24). The van der Waals surface area contributed by atoms with Crippen LogP contribution in [-0.2, 0) is 17.7 Å². The van der Waals surface area contributed by atoms with Gasteiger partial charge in [-0.05, 0) is 57.4 Å². The number of aromatic nitrogens is 1. The van der Waals surface area contributed by atoms with Gasteiger partial charge in [0.2, 0.25) is 0 Å². The van der Waals surface area contributed by atoms with Gasteiger partial charge in [-0.25, -0.2) is 9.78 Å². The molecule has 0 bridgehead atoms. The van der Waals surface area contributed by atoms with Crippen LogP contribution in [0.3, 0.4) is 0 Å². The Labute approximate surface area is 149 Å². The molecule has 3 rings (SSSR count). The molecule has 2 aromatic rings. The van der Waals surface area contributed by atoms with Crippen molar-refractivity contribution in [2.24, 2.45) is 0 Å². The van der Waals surface area contributed by atoms with E-state index in [9.17, 15) is 4.79 Å². The van der Waals surface area contributed by atoms with E-state index in [1.807, 2.05) is 39.8 Å². The Bertz CT molecular complexity index is 781. The van der Waals surface area contributed by atoms with E-state index in [1.165, 1.54) is 11.3 Å². The van der Waals surface area contributed by atoms with Crippen molar-refractivity contribution >= 4 is 17.6 Å². The van der Waals surface area contributed by atoms with Gasteiger partial charge in [-0.3, -0.25) is 0 Å². The van der Waals surface area contributed by atoms with E-state index in [-0.39, 0.29) is 0 Å². The first-order chi connectivity index (χ1) is 11.8. The van der Waals surface area contributed by atoms with Gasteiger partial charge in [0.25, 0.3) is 0 Å². The summed E-state index contributed by atoms with van der Waals surface area (Å²) in [5, 5.41) is 2.79. The molecular weight excluding hydrogens is 314 g/mol. The van der Waals surface area contributed by atoms with Crippen molar-refractivity contribution in [3.63, 3.8) is 0 Å². The number of nitrogens with zero attached hydrogens (tertiary/aromatic N) is 2. The zero-order valence-electron chi connectivity index (χ0n) is 15.3. The van der Waals surface area contributed by atoms with Crippen LogP contribution in [0.4, 0.5) is 16.3 Å². The second kappa shape index (κ2) is 6.75. The summed E-state index contributed by atoms with van der Waals surface area (Å²) < 4.78 is 5.26. The number of alkyl carbamates (subject to hydrolysis) is 1. The van der Waals surface area contributed by atoms with Gasteiger partial charge in [0.05, 0.1) is 0 Å². The molecule has 1 amide bonds. The van der Waals surface area contributed by atoms with Crippen LogP contribution in [-0.4, -0.2) is 23.2 Å². The summed E-state index contributed by atoms with van der Waals surface area (Å²) in [7, 11) is 0. The Morgan fingerprint density at radius 1 is 1.24 bits per heavy atom. The maximum atomic E-state index is 11.8. The summed E-state index contributed by atoms with van der Waals surface area (Å²) in [6.07, 6.45) is 0.628. The summed E-state index contributed by atoms with van der Waals surface area (Å²) in [4.78, 5) is 18.8. The highest BCUT2D eigenvalue weighted by molar-refractivity contribution is 5.69. The number of aryl methyl sites for hydroxylation is 1. The summed E-state index contributed by atoms with van der Waals surface area (Å²) in [6, 6.07) is 12.5. The molecule has 5 heteroatoms. The Morgan fingerprint density at radius 2 is 2.00 bits per heavy atom. The van der Waals surface area contributed by atoms with Crippen LogP contribution in [0.1, 0.15) is 37.6 Å². The van der Waals surface area contributed by atoms with Crippen molar-refractivity contribution in [2.45, 2.75) is 46.3 Å². The number of para-hydroxylation sites is 1. The second-order valence-electron chi connectivity index (χ2n) is 7.30. The first-order valence-corrected chi connectivity index (χ1v) is 8.62. The first-order valence-electron chi connectivity index (χ1n) is 8.62. The lowest BCUT2D eigenvalue weighted by Crippen LogP contribution is -2.32. The van der Waals surface area contributed by atoms with Gasteiger partial charge < -0.3 is 15.0 Å². The van der Waals surface area contributed by atoms with Gasteiger partial charge in [-0.15, -0.1) is 0 Å². The number of carbonyl (C=O) groups is 1. The van der Waals surface area contributed by atoms with Crippen molar-refractivity contribution in [1.82, 2.24) is 10.3 Å². The third-order valence-electron chi connectivity index (χ3n) is 4.17. The van der Waals surface area contributed by atoms with Crippen molar-refractivity contribution in [3.05, 3.63) is 53.2 Å². The average Bonchev–Trinajstić information content (AvgIpc) is 2.96. The van der Waals surface area contributed by atoms with Crippen LogP contribution in [0.5, 0.6) is 0 Å². The van der Waals surface area contributed by atoms with Gasteiger partial charge in [0.1, 0.15) is 11.4 Å². The van der Waals surface area contributed by atoms with E-state index >= 15 is 0 Å². The normalized spacial score (nSPS) is 13.5. The highest BCUT2D eigenvalue weighted by atomic mass is 16.6. The number of fused-ring (bicyclic) bond motifs is 1. The Morgan fingerprint density at radius 3 is 2.72 bits per heavy atom. The highest BCUT2D eigenvalue weighted by Gasteiger charge is 2.21.